The molecule has 2 aliphatic carbocycles. The number of rotatable bonds is 17. The van der Waals surface area contributed by atoms with E-state index in [1.54, 1.807) is 29.6 Å². The smallest absolute Gasteiger partial charge is 0.407 e. The molecule has 6 N–H and O–H groups in total. The first-order valence-electron chi connectivity index (χ1n) is 20.3. The summed E-state index contributed by atoms with van der Waals surface area (Å²) in [6.45, 7) is 0. The van der Waals surface area contributed by atoms with Crippen LogP contribution in [0.4, 0.5) is 52.7 Å². The molecule has 2 saturated carbocycles. The average Bonchev–Trinajstić information content (AvgIpc) is 4.19. The highest BCUT2D eigenvalue weighted by Crippen LogP contribution is 2.38. The van der Waals surface area contributed by atoms with Crippen LogP contribution in [0.2, 0.25) is 0 Å². The summed E-state index contributed by atoms with van der Waals surface area (Å²) < 4.78 is 166. The van der Waals surface area contributed by atoms with E-state index in [0.29, 0.717) is 0 Å². The summed E-state index contributed by atoms with van der Waals surface area (Å²) in [5.74, 6) is -11.6. The van der Waals surface area contributed by atoms with Gasteiger partial charge in [-0.3, -0.25) is 20.2 Å². The molecule has 6 rings (SSSR count). The van der Waals surface area contributed by atoms with Gasteiger partial charge in [0.1, 0.15) is 40.8 Å². The van der Waals surface area contributed by atoms with Crippen molar-refractivity contribution in [3.8, 4) is 12.1 Å². The zero-order chi connectivity index (χ0) is 49.8. The first-order chi connectivity index (χ1) is 31.2. The molecule has 0 heterocycles. The summed E-state index contributed by atoms with van der Waals surface area (Å²) in [5.41, 5.74) is 3.19. The Morgan fingerprint density at radius 2 is 0.970 bits per heavy atom. The minimum Gasteiger partial charge on any atom is -0.480 e. The van der Waals surface area contributed by atoms with Gasteiger partial charge >= 0.3 is 18.3 Å². The summed E-state index contributed by atoms with van der Waals surface area (Å²) in [4.78, 5) is 24.1. The standard InChI is InChI=1S/C23H21F6N3O.C19H17F6NO2.C4H6N2/c24-17-8-6-16(7-9-17)19(23(27,28)29)31-18(20(33)32-21(14-30)10-11-21)13-22(25,26)12-15-4-2-1-3-5-15;20-14-8-6-13(7-9-14)16(19(23,24)25)26-15(17(27)28)11-18(21,22)10-12-4-2-1-3-5-12;5-3-4(6)1-2-4/h1-9,18-19,31H,10-13H2,(H,32,33);1-9,15-16,26H,10-11H2,(H,27,28);1-2,6H2/t18-,19-;15-,16-;/m00./s1. The van der Waals surface area contributed by atoms with Crippen LogP contribution in [0.25, 0.3) is 0 Å². The molecule has 2 aliphatic rings. The number of nitrogens with one attached hydrogen (secondary N) is 3. The maximum Gasteiger partial charge on any atom is 0.407 e. The van der Waals surface area contributed by atoms with Gasteiger partial charge in [0, 0.05) is 25.7 Å². The SMILES string of the molecule is N#CC1(N)CC1.N#CC1(NC(=O)[C@H](CC(F)(F)Cc2ccccc2)N[C@@H](c2ccc(F)cc2)C(F)(F)F)CC1.O=C(O)[C@H](CC(F)(F)Cc1ccccc1)N[C@@H](c1ccc(F)cc1)C(F)(F)F. The third-order valence-electron chi connectivity index (χ3n) is 10.4. The van der Waals surface area contributed by atoms with E-state index >= 15 is 0 Å². The molecule has 0 unspecified atom stereocenters. The molecule has 1 amide bonds. The number of alkyl halides is 10. The number of benzene rings is 4. The molecule has 67 heavy (non-hydrogen) atoms. The first-order valence-corrected chi connectivity index (χ1v) is 20.3. The van der Waals surface area contributed by atoms with Crippen molar-refractivity contribution >= 4 is 11.9 Å². The number of aliphatic carboxylic acids is 1. The third kappa shape index (κ3) is 17.5. The lowest BCUT2D eigenvalue weighted by molar-refractivity contribution is -0.166. The topological polar surface area (TPSA) is 164 Å². The normalized spacial score (nSPS) is 16.7. The molecular formula is C46H44F12N6O3. The van der Waals surface area contributed by atoms with Gasteiger partial charge in [-0.2, -0.15) is 36.9 Å². The monoisotopic (exact) mass is 956 g/mol. The lowest BCUT2D eigenvalue weighted by Crippen LogP contribution is -2.53. The van der Waals surface area contributed by atoms with Gasteiger partial charge in [-0.1, -0.05) is 84.9 Å². The molecule has 0 aromatic heterocycles. The van der Waals surface area contributed by atoms with Crippen LogP contribution in [-0.4, -0.2) is 64.3 Å². The molecular weight excluding hydrogens is 913 g/mol. The quantitative estimate of drug-likeness (QED) is 0.0654. The minimum absolute atomic E-state index is 0.225. The highest BCUT2D eigenvalue weighted by Gasteiger charge is 2.50. The van der Waals surface area contributed by atoms with Crippen molar-refractivity contribution in [1.82, 2.24) is 16.0 Å². The van der Waals surface area contributed by atoms with Crippen molar-refractivity contribution in [2.75, 3.05) is 0 Å². The number of amides is 1. The van der Waals surface area contributed by atoms with E-state index in [-0.39, 0.29) is 24.0 Å². The summed E-state index contributed by atoms with van der Waals surface area (Å²) in [6, 6.07) is 16.3. The van der Waals surface area contributed by atoms with Crippen LogP contribution in [0.15, 0.2) is 109 Å². The molecule has 21 heteroatoms. The number of nitriles is 2. The zero-order valence-electron chi connectivity index (χ0n) is 35.1. The fourth-order valence-corrected chi connectivity index (χ4v) is 6.41. The number of halogens is 12. The predicted octanol–water partition coefficient (Wildman–Crippen LogP) is 9.57. The molecule has 360 valence electrons. The Morgan fingerprint density at radius 3 is 1.27 bits per heavy atom. The molecule has 4 aromatic carbocycles. The second kappa shape index (κ2) is 22.1. The Balaban J connectivity index is 0.000000262. The fraction of sp³-hybridized carbons (Fsp3) is 0.391. The maximum atomic E-state index is 14.8. The van der Waals surface area contributed by atoms with Crippen LogP contribution in [0.1, 0.15) is 72.9 Å². The number of carbonyl (C=O) groups excluding carboxylic acids is 1. The van der Waals surface area contributed by atoms with E-state index in [0.717, 1.165) is 61.4 Å². The molecule has 9 nitrogen and oxygen atoms in total. The van der Waals surface area contributed by atoms with Crippen molar-refractivity contribution in [1.29, 1.82) is 10.5 Å². The fourth-order valence-electron chi connectivity index (χ4n) is 6.41. The Bertz CT molecular complexity index is 2310. The average molecular weight is 957 g/mol. The van der Waals surface area contributed by atoms with Gasteiger partial charge < -0.3 is 16.2 Å². The van der Waals surface area contributed by atoms with Crippen molar-refractivity contribution in [3.05, 3.63) is 143 Å². The second-order valence-electron chi connectivity index (χ2n) is 16.2. The maximum absolute atomic E-state index is 14.8. The Hall–Kier alpha value is -6.16. The van der Waals surface area contributed by atoms with Gasteiger partial charge in [0.05, 0.1) is 18.2 Å². The van der Waals surface area contributed by atoms with Gasteiger partial charge in [-0.15, -0.1) is 0 Å². The summed E-state index contributed by atoms with van der Waals surface area (Å²) in [7, 11) is 0. The lowest BCUT2D eigenvalue weighted by atomic mass is 9.98. The predicted molar refractivity (Wildman–Crippen MR) is 219 cm³/mol. The van der Waals surface area contributed by atoms with Gasteiger partial charge in [0.25, 0.3) is 11.8 Å². The molecule has 0 saturated heterocycles. The molecule has 2 fully saturated rings. The van der Waals surface area contributed by atoms with Gasteiger partial charge in [-0.25, -0.2) is 26.3 Å². The molecule has 0 bridgehead atoms. The van der Waals surface area contributed by atoms with Crippen molar-refractivity contribution < 1.29 is 67.4 Å². The zero-order valence-corrected chi connectivity index (χ0v) is 35.1. The number of hydrogen-bond donors (Lipinski definition) is 5. The Kier molecular flexibility index (Phi) is 17.6. The van der Waals surface area contributed by atoms with Crippen LogP contribution in [0.3, 0.4) is 0 Å². The number of carboxylic acids is 1. The van der Waals surface area contributed by atoms with E-state index < -0.39 is 120 Å². The van der Waals surface area contributed by atoms with Crippen LogP contribution in [-0.2, 0) is 22.4 Å². The summed E-state index contributed by atoms with van der Waals surface area (Å²) in [5, 5.41) is 32.5. The Labute approximate surface area is 377 Å². The van der Waals surface area contributed by atoms with Crippen LogP contribution < -0.4 is 21.7 Å². The number of hydrogen-bond acceptors (Lipinski definition) is 7. The lowest BCUT2D eigenvalue weighted by Gasteiger charge is -2.30. The third-order valence-corrected chi connectivity index (χ3v) is 10.4. The van der Waals surface area contributed by atoms with Crippen LogP contribution in [0, 0.1) is 34.3 Å². The van der Waals surface area contributed by atoms with Crippen LogP contribution >= 0.6 is 0 Å². The molecule has 0 spiro atoms. The largest absolute Gasteiger partial charge is 0.480 e. The number of nitrogens with zero attached hydrogens (tertiary/aromatic N) is 2. The van der Waals surface area contributed by atoms with Crippen LogP contribution in [0.5, 0.6) is 0 Å². The molecule has 0 aliphatic heterocycles. The highest BCUT2D eigenvalue weighted by molar-refractivity contribution is 5.83. The van der Waals surface area contributed by atoms with E-state index in [1.165, 1.54) is 36.4 Å². The van der Waals surface area contributed by atoms with E-state index in [9.17, 15) is 72.6 Å². The van der Waals surface area contributed by atoms with Crippen molar-refractivity contribution in [3.63, 3.8) is 0 Å². The van der Waals surface area contributed by atoms with E-state index in [2.05, 4.69) is 5.32 Å². The number of carbonyl (C=O) groups is 2. The number of carboxylic acid groups (broad SMARTS) is 1. The summed E-state index contributed by atoms with van der Waals surface area (Å²) in [6.07, 6.45) is -11.8. The van der Waals surface area contributed by atoms with Gasteiger partial charge in [-0.05, 0) is 72.2 Å². The molecule has 4 atom stereocenters. The van der Waals surface area contributed by atoms with Crippen molar-refractivity contribution in [2.45, 2.75) is 111 Å². The first kappa shape index (κ1) is 53.5. The summed E-state index contributed by atoms with van der Waals surface area (Å²) >= 11 is 0. The molecule has 4 aromatic rings. The van der Waals surface area contributed by atoms with Gasteiger partial charge in [0.15, 0.2) is 0 Å². The second-order valence-corrected chi connectivity index (χ2v) is 16.2. The van der Waals surface area contributed by atoms with Gasteiger partial charge in [0.2, 0.25) is 5.91 Å². The van der Waals surface area contributed by atoms with Crippen molar-refractivity contribution in [2.24, 2.45) is 5.73 Å². The molecule has 0 radical (unpaired) electrons. The minimum atomic E-state index is -4.97. The Morgan fingerprint density at radius 1 is 0.597 bits per heavy atom. The number of nitrogens with two attached hydrogens (primary N) is 1. The van der Waals surface area contributed by atoms with E-state index in [4.69, 9.17) is 11.0 Å². The van der Waals surface area contributed by atoms with E-state index in [1.807, 2.05) is 17.5 Å². The highest BCUT2D eigenvalue weighted by atomic mass is 19.4.